The molecule has 1 fully saturated rings. The van der Waals surface area contributed by atoms with Gasteiger partial charge in [0.25, 0.3) is 5.91 Å². The number of allylic oxidation sites excluding steroid dienone is 1. The molecule has 0 bridgehead atoms. The fraction of sp³-hybridized carbons (Fsp3) is 0.457. The topological polar surface area (TPSA) is 155 Å². The van der Waals surface area contributed by atoms with E-state index >= 15 is 0 Å². The van der Waals surface area contributed by atoms with Gasteiger partial charge >= 0.3 is 0 Å². The lowest BCUT2D eigenvalue weighted by Gasteiger charge is -2.59. The van der Waals surface area contributed by atoms with Crippen LogP contribution in [0.1, 0.15) is 84.1 Å². The first-order valence-corrected chi connectivity index (χ1v) is 20.5. The van der Waals surface area contributed by atoms with E-state index in [2.05, 4.69) is 12.7 Å². The maximum Gasteiger partial charge on any atom is 0.254 e. The molecule has 2 heterocycles. The Balaban J connectivity index is 1.40. The van der Waals surface area contributed by atoms with Gasteiger partial charge in [-0.2, -0.15) is 0 Å². The molecule has 314 valence electrons. The number of unbranched alkanes of at least 4 members (excludes halogenated alkanes) is 2. The van der Waals surface area contributed by atoms with Crippen LogP contribution >= 0.6 is 0 Å². The number of fused-ring (bicyclic) bond motifs is 3. The van der Waals surface area contributed by atoms with Crippen LogP contribution < -0.4 is 23.7 Å². The summed E-state index contributed by atoms with van der Waals surface area (Å²) in [7, 11) is 3.27. The number of nitrogens with zero attached hydrogens (tertiary/aromatic N) is 2. The molecule has 0 saturated heterocycles. The lowest BCUT2D eigenvalue weighted by molar-refractivity contribution is -0.252. The van der Waals surface area contributed by atoms with Crippen LogP contribution in [0, 0.1) is 17.8 Å². The first-order valence-electron chi connectivity index (χ1n) is 20.5. The second-order valence-corrected chi connectivity index (χ2v) is 15.3. The summed E-state index contributed by atoms with van der Waals surface area (Å²) in [6, 6.07) is 15.3. The zero-order chi connectivity index (χ0) is 41.5. The molecular formula is C46H54N2O11. The van der Waals surface area contributed by atoms with E-state index in [0.717, 1.165) is 43.1 Å². The number of carbonyl (C=O) groups excluding carboxylic acids is 2. The summed E-state index contributed by atoms with van der Waals surface area (Å²) in [5, 5.41) is 24.5. The SMILES string of the molecule is C=CCOC12Oc3ccc(Oc4ccc(OC)c(C=O)c4)cc3C3C(CCCCO)C(CCCCO)C=C(C(=NOCC)CC1N(C)C(=O)c1ccc4c(c1)OCO4)C32. The standard InChI is InChI=1S/C46H54N2O11/c1-5-21-56-46-42(48(3)45(52)30-13-16-40-41(24-30)55-28-54-40)26-37(47-57-6-2)35-23-29(11-7-9-19-49)34(12-8-10-20-50)43(44(35)46)36-25-33(15-18-39(36)59-46)58-32-14-17-38(53-4)31(22-32)27-51/h5,13-18,22-25,27,29,34,42-44,49-50H,1,6-12,19-21,26,28H2,2-4H3. The van der Waals surface area contributed by atoms with Gasteiger partial charge in [0.1, 0.15) is 35.6 Å². The van der Waals surface area contributed by atoms with E-state index in [1.54, 1.807) is 54.4 Å². The van der Waals surface area contributed by atoms with Crippen LogP contribution in [0.5, 0.6) is 34.5 Å². The monoisotopic (exact) mass is 810 g/mol. The van der Waals surface area contributed by atoms with E-state index in [-0.39, 0.29) is 56.7 Å². The minimum atomic E-state index is -1.41. The molecule has 13 heteroatoms. The number of benzene rings is 3. The van der Waals surface area contributed by atoms with Gasteiger partial charge in [-0.25, -0.2) is 0 Å². The van der Waals surface area contributed by atoms with E-state index in [9.17, 15) is 19.8 Å². The van der Waals surface area contributed by atoms with Crippen LogP contribution in [0.25, 0.3) is 0 Å². The highest BCUT2D eigenvalue weighted by atomic mass is 16.7. The van der Waals surface area contributed by atoms with Gasteiger partial charge in [-0.1, -0.05) is 30.1 Å². The summed E-state index contributed by atoms with van der Waals surface area (Å²) in [6.45, 7) is 6.62. The number of aliphatic hydroxyl groups excluding tert-OH is 2. The molecule has 0 spiro atoms. The minimum Gasteiger partial charge on any atom is -0.496 e. The van der Waals surface area contributed by atoms with Gasteiger partial charge < -0.3 is 48.4 Å². The van der Waals surface area contributed by atoms with Crippen molar-refractivity contribution in [3.8, 4) is 34.5 Å². The van der Waals surface area contributed by atoms with Crippen molar-refractivity contribution in [3.05, 3.63) is 95.6 Å². The second kappa shape index (κ2) is 18.7. The molecule has 1 amide bonds. The highest BCUT2D eigenvalue weighted by Gasteiger charge is 2.65. The predicted octanol–water partition coefficient (Wildman–Crippen LogP) is 7.45. The van der Waals surface area contributed by atoms with Gasteiger partial charge in [-0.05, 0) is 105 Å². The molecule has 3 aromatic rings. The number of methoxy groups -OCH3 is 1. The molecule has 6 unspecified atom stereocenters. The lowest BCUT2D eigenvalue weighted by atomic mass is 9.55. The summed E-state index contributed by atoms with van der Waals surface area (Å²) in [5.74, 6) is 0.816. The zero-order valence-corrected chi connectivity index (χ0v) is 34.0. The maximum atomic E-state index is 14.6. The fourth-order valence-electron chi connectivity index (χ4n) is 9.31. The summed E-state index contributed by atoms with van der Waals surface area (Å²) < 4.78 is 37.2. The normalized spacial score (nSPS) is 24.3. The van der Waals surface area contributed by atoms with Gasteiger partial charge in [0.15, 0.2) is 17.8 Å². The second-order valence-electron chi connectivity index (χ2n) is 15.3. The predicted molar refractivity (Wildman–Crippen MR) is 220 cm³/mol. The number of aliphatic hydroxyl groups is 2. The number of amides is 1. The van der Waals surface area contributed by atoms with Crippen LogP contribution in [0.15, 0.2) is 84.1 Å². The molecule has 0 radical (unpaired) electrons. The number of rotatable bonds is 19. The maximum absolute atomic E-state index is 14.6. The van der Waals surface area contributed by atoms with Gasteiger partial charge in [0.2, 0.25) is 12.6 Å². The van der Waals surface area contributed by atoms with Crippen LogP contribution in [-0.2, 0) is 9.57 Å². The van der Waals surface area contributed by atoms with Crippen molar-refractivity contribution in [2.45, 2.75) is 69.6 Å². The van der Waals surface area contributed by atoms with Crippen LogP contribution in [0.4, 0.5) is 0 Å². The van der Waals surface area contributed by atoms with Gasteiger partial charge in [0, 0.05) is 43.7 Å². The number of hydrogen-bond acceptors (Lipinski definition) is 12. The highest BCUT2D eigenvalue weighted by molar-refractivity contribution is 6.03. The molecule has 2 N–H and O–H groups in total. The number of hydrogen-bond donors (Lipinski definition) is 2. The smallest absolute Gasteiger partial charge is 0.254 e. The summed E-state index contributed by atoms with van der Waals surface area (Å²) in [4.78, 5) is 34.0. The van der Waals surface area contributed by atoms with Crippen molar-refractivity contribution in [2.75, 3.05) is 47.4 Å². The Morgan fingerprint density at radius 2 is 1.73 bits per heavy atom. The number of oxime groups is 1. The fourth-order valence-corrected chi connectivity index (χ4v) is 9.31. The lowest BCUT2D eigenvalue weighted by Crippen LogP contribution is -2.69. The molecule has 2 aliphatic heterocycles. The molecule has 6 atom stereocenters. The quantitative estimate of drug-likeness (QED) is 0.0537. The van der Waals surface area contributed by atoms with Crippen LogP contribution in [-0.4, -0.2) is 92.2 Å². The van der Waals surface area contributed by atoms with Crippen LogP contribution in [0.3, 0.4) is 0 Å². The van der Waals surface area contributed by atoms with E-state index < -0.39 is 17.7 Å². The van der Waals surface area contributed by atoms with Gasteiger partial charge in [0.05, 0.1) is 30.9 Å². The summed E-state index contributed by atoms with van der Waals surface area (Å²) >= 11 is 0. The third-order valence-corrected chi connectivity index (χ3v) is 11.9. The zero-order valence-electron chi connectivity index (χ0n) is 34.0. The third kappa shape index (κ3) is 8.28. The molecule has 4 aliphatic rings. The Morgan fingerprint density at radius 3 is 2.47 bits per heavy atom. The van der Waals surface area contributed by atoms with Gasteiger partial charge in [-0.15, -0.1) is 6.58 Å². The molecule has 1 saturated carbocycles. The van der Waals surface area contributed by atoms with Crippen molar-refractivity contribution in [2.24, 2.45) is 22.9 Å². The molecular weight excluding hydrogens is 757 g/mol. The summed E-state index contributed by atoms with van der Waals surface area (Å²) in [5.41, 5.74) is 3.32. The van der Waals surface area contributed by atoms with E-state index in [4.69, 9.17) is 38.4 Å². The van der Waals surface area contributed by atoms with E-state index in [1.165, 1.54) is 7.11 Å². The average molecular weight is 811 g/mol. The Bertz CT molecular complexity index is 2070. The van der Waals surface area contributed by atoms with E-state index in [0.29, 0.717) is 70.8 Å². The largest absolute Gasteiger partial charge is 0.496 e. The van der Waals surface area contributed by atoms with E-state index in [1.807, 2.05) is 25.1 Å². The Labute approximate surface area is 345 Å². The van der Waals surface area contributed by atoms with Crippen molar-refractivity contribution in [1.29, 1.82) is 0 Å². The molecule has 0 aromatic heterocycles. The van der Waals surface area contributed by atoms with Gasteiger partial charge in [-0.3, -0.25) is 9.59 Å². The highest BCUT2D eigenvalue weighted by Crippen LogP contribution is 2.62. The molecule has 59 heavy (non-hydrogen) atoms. The van der Waals surface area contributed by atoms with Crippen molar-refractivity contribution in [1.82, 2.24) is 4.90 Å². The average Bonchev–Trinajstić information content (AvgIpc) is 3.74. The third-order valence-electron chi connectivity index (χ3n) is 11.9. The number of carbonyl (C=O) groups is 2. The number of ether oxygens (including phenoxy) is 6. The molecule has 3 aromatic carbocycles. The van der Waals surface area contributed by atoms with Crippen molar-refractivity contribution < 1.29 is 53.1 Å². The Hall–Kier alpha value is -5.37. The Kier molecular flexibility index (Phi) is 13.2. The van der Waals surface area contributed by atoms with Crippen molar-refractivity contribution >= 4 is 17.9 Å². The molecule has 2 aliphatic carbocycles. The molecule has 7 rings (SSSR count). The Morgan fingerprint density at radius 1 is 0.983 bits per heavy atom. The minimum absolute atomic E-state index is 0.0308. The number of likely N-dealkylation sites (N-methyl/N-ethyl adjacent to an activating group) is 1. The summed E-state index contributed by atoms with van der Waals surface area (Å²) in [6.07, 6.45) is 9.49. The first kappa shape index (κ1) is 41.8. The molecule has 13 nitrogen and oxygen atoms in total. The first-order chi connectivity index (χ1) is 28.8. The van der Waals surface area contributed by atoms with Crippen LogP contribution in [0.2, 0.25) is 0 Å². The van der Waals surface area contributed by atoms with Crippen molar-refractivity contribution in [3.63, 3.8) is 0 Å². The number of aldehydes is 1.